The molecular formula is C13H19FN2. The number of halogens is 1. The highest BCUT2D eigenvalue weighted by atomic mass is 19.1. The molecular weight excluding hydrogens is 203 g/mol. The third-order valence-electron chi connectivity index (χ3n) is 3.06. The number of hydrogen-bond acceptors (Lipinski definition) is 2. The molecule has 2 N–H and O–H groups in total. The number of benzene rings is 1. The van der Waals surface area contributed by atoms with E-state index in [2.05, 4.69) is 11.9 Å². The summed E-state index contributed by atoms with van der Waals surface area (Å²) in [6, 6.07) is 5.30. The van der Waals surface area contributed by atoms with Crippen molar-refractivity contribution in [2.45, 2.75) is 25.9 Å². The minimum Gasteiger partial charge on any atom is -0.326 e. The zero-order valence-corrected chi connectivity index (χ0v) is 9.75. The van der Waals surface area contributed by atoms with Crippen LogP contribution in [0.2, 0.25) is 0 Å². The van der Waals surface area contributed by atoms with Gasteiger partial charge in [-0.1, -0.05) is 12.1 Å². The number of nitrogens with two attached hydrogens (primary N) is 1. The van der Waals surface area contributed by atoms with E-state index in [1.807, 2.05) is 12.1 Å². The molecule has 3 heteroatoms. The first kappa shape index (κ1) is 11.6. The summed E-state index contributed by atoms with van der Waals surface area (Å²) in [5.41, 5.74) is 7.08. The predicted octanol–water partition coefficient (Wildman–Crippen LogP) is 2.13. The van der Waals surface area contributed by atoms with Gasteiger partial charge in [-0.15, -0.1) is 0 Å². The Labute approximate surface area is 96.2 Å². The molecule has 0 heterocycles. The van der Waals surface area contributed by atoms with Gasteiger partial charge in [0.15, 0.2) is 0 Å². The van der Waals surface area contributed by atoms with Crippen LogP contribution in [0.5, 0.6) is 0 Å². The van der Waals surface area contributed by atoms with Crippen molar-refractivity contribution in [3.05, 3.63) is 35.1 Å². The van der Waals surface area contributed by atoms with E-state index in [0.29, 0.717) is 13.1 Å². The Morgan fingerprint density at radius 3 is 2.75 bits per heavy atom. The molecule has 2 nitrogen and oxygen atoms in total. The lowest BCUT2D eigenvalue weighted by Crippen LogP contribution is -2.21. The minimum absolute atomic E-state index is 0.134. The lowest BCUT2D eigenvalue weighted by atomic mass is 10.1. The molecule has 0 aromatic heterocycles. The van der Waals surface area contributed by atoms with E-state index in [4.69, 9.17) is 5.73 Å². The molecule has 0 radical (unpaired) electrons. The Morgan fingerprint density at radius 1 is 1.44 bits per heavy atom. The van der Waals surface area contributed by atoms with Crippen molar-refractivity contribution in [1.82, 2.24) is 4.90 Å². The molecule has 0 unspecified atom stereocenters. The van der Waals surface area contributed by atoms with Gasteiger partial charge in [0, 0.05) is 25.2 Å². The molecule has 0 saturated heterocycles. The third kappa shape index (κ3) is 3.03. The van der Waals surface area contributed by atoms with Crippen molar-refractivity contribution in [1.29, 1.82) is 0 Å². The topological polar surface area (TPSA) is 29.3 Å². The van der Waals surface area contributed by atoms with E-state index < -0.39 is 0 Å². The first-order valence-corrected chi connectivity index (χ1v) is 5.85. The standard InChI is InChI=1S/C13H19FN2/c1-16(8-10-2-3-10)9-12-5-4-11(7-15)6-13(12)14/h4-6,10H,2-3,7-9,15H2,1H3. The highest BCUT2D eigenvalue weighted by Crippen LogP contribution is 2.29. The van der Waals surface area contributed by atoms with Crippen molar-refractivity contribution in [2.75, 3.05) is 13.6 Å². The van der Waals surface area contributed by atoms with Crippen LogP contribution in [0, 0.1) is 11.7 Å². The quantitative estimate of drug-likeness (QED) is 0.827. The second-order valence-electron chi connectivity index (χ2n) is 4.77. The summed E-state index contributed by atoms with van der Waals surface area (Å²) in [5, 5.41) is 0. The fraction of sp³-hybridized carbons (Fsp3) is 0.538. The molecule has 1 aliphatic rings. The van der Waals surface area contributed by atoms with Gasteiger partial charge in [-0.05, 0) is 37.4 Å². The van der Waals surface area contributed by atoms with Gasteiger partial charge < -0.3 is 10.6 Å². The Kier molecular flexibility index (Phi) is 3.56. The van der Waals surface area contributed by atoms with Gasteiger partial charge in [0.1, 0.15) is 5.82 Å². The number of hydrogen-bond donors (Lipinski definition) is 1. The van der Waals surface area contributed by atoms with Gasteiger partial charge in [0.05, 0.1) is 0 Å². The highest BCUT2D eigenvalue weighted by molar-refractivity contribution is 5.24. The van der Waals surface area contributed by atoms with Gasteiger partial charge in [-0.3, -0.25) is 0 Å². The van der Waals surface area contributed by atoms with Crippen molar-refractivity contribution in [2.24, 2.45) is 11.7 Å². The Bertz CT molecular complexity index is 361. The molecule has 88 valence electrons. The maximum atomic E-state index is 13.7. The van der Waals surface area contributed by atoms with Crippen LogP contribution in [-0.4, -0.2) is 18.5 Å². The Balaban J connectivity index is 1.96. The molecule has 1 aromatic carbocycles. The van der Waals surface area contributed by atoms with Crippen LogP contribution >= 0.6 is 0 Å². The average Bonchev–Trinajstić information content (AvgIpc) is 3.05. The SMILES string of the molecule is CN(Cc1ccc(CN)cc1F)CC1CC1. The van der Waals surface area contributed by atoms with E-state index in [1.165, 1.54) is 12.8 Å². The second-order valence-corrected chi connectivity index (χ2v) is 4.77. The van der Waals surface area contributed by atoms with Gasteiger partial charge in [0.25, 0.3) is 0 Å². The van der Waals surface area contributed by atoms with E-state index in [9.17, 15) is 4.39 Å². The fourth-order valence-electron chi connectivity index (χ4n) is 1.94. The van der Waals surface area contributed by atoms with Crippen LogP contribution < -0.4 is 5.73 Å². The fourth-order valence-corrected chi connectivity index (χ4v) is 1.94. The van der Waals surface area contributed by atoms with Crippen LogP contribution in [0.25, 0.3) is 0 Å². The number of rotatable bonds is 5. The van der Waals surface area contributed by atoms with Gasteiger partial charge in [-0.2, -0.15) is 0 Å². The summed E-state index contributed by atoms with van der Waals surface area (Å²) in [4.78, 5) is 2.19. The normalized spacial score (nSPS) is 15.8. The lowest BCUT2D eigenvalue weighted by molar-refractivity contribution is 0.308. The third-order valence-corrected chi connectivity index (χ3v) is 3.06. The highest BCUT2D eigenvalue weighted by Gasteiger charge is 2.22. The summed E-state index contributed by atoms with van der Waals surface area (Å²) in [7, 11) is 2.05. The minimum atomic E-state index is -0.134. The first-order valence-electron chi connectivity index (χ1n) is 5.85. The van der Waals surface area contributed by atoms with Crippen molar-refractivity contribution in [3.8, 4) is 0 Å². The van der Waals surface area contributed by atoms with Crippen molar-refractivity contribution >= 4 is 0 Å². The smallest absolute Gasteiger partial charge is 0.128 e. The average molecular weight is 222 g/mol. The molecule has 0 spiro atoms. The summed E-state index contributed by atoms with van der Waals surface area (Å²) in [6.45, 7) is 2.17. The van der Waals surface area contributed by atoms with Crippen LogP contribution in [-0.2, 0) is 13.1 Å². The summed E-state index contributed by atoms with van der Waals surface area (Å²) >= 11 is 0. The molecule has 0 amide bonds. The summed E-state index contributed by atoms with van der Waals surface area (Å²) in [5.74, 6) is 0.710. The first-order chi connectivity index (χ1) is 7.69. The van der Waals surface area contributed by atoms with Crippen LogP contribution in [0.15, 0.2) is 18.2 Å². The molecule has 1 aromatic rings. The van der Waals surface area contributed by atoms with Gasteiger partial charge in [0.2, 0.25) is 0 Å². The van der Waals surface area contributed by atoms with E-state index in [-0.39, 0.29) is 5.82 Å². The van der Waals surface area contributed by atoms with E-state index in [1.54, 1.807) is 6.07 Å². The molecule has 0 bridgehead atoms. The largest absolute Gasteiger partial charge is 0.326 e. The molecule has 2 rings (SSSR count). The second kappa shape index (κ2) is 4.93. The van der Waals surface area contributed by atoms with E-state index >= 15 is 0 Å². The molecule has 1 aliphatic carbocycles. The van der Waals surface area contributed by atoms with Crippen molar-refractivity contribution in [3.63, 3.8) is 0 Å². The molecule has 1 saturated carbocycles. The summed E-state index contributed by atoms with van der Waals surface area (Å²) in [6.07, 6.45) is 2.66. The number of nitrogens with zero attached hydrogens (tertiary/aromatic N) is 1. The molecule has 1 fully saturated rings. The molecule has 16 heavy (non-hydrogen) atoms. The Hall–Kier alpha value is -0.930. The van der Waals surface area contributed by atoms with Gasteiger partial charge >= 0.3 is 0 Å². The van der Waals surface area contributed by atoms with Crippen LogP contribution in [0.4, 0.5) is 4.39 Å². The Morgan fingerprint density at radius 2 is 2.19 bits per heavy atom. The van der Waals surface area contributed by atoms with E-state index in [0.717, 1.165) is 23.6 Å². The molecule has 0 atom stereocenters. The maximum absolute atomic E-state index is 13.7. The summed E-state index contributed by atoms with van der Waals surface area (Å²) < 4.78 is 13.7. The molecule has 0 aliphatic heterocycles. The van der Waals surface area contributed by atoms with Crippen molar-refractivity contribution < 1.29 is 4.39 Å². The monoisotopic (exact) mass is 222 g/mol. The van der Waals surface area contributed by atoms with Crippen LogP contribution in [0.3, 0.4) is 0 Å². The predicted molar refractivity (Wildman–Crippen MR) is 63.3 cm³/mol. The maximum Gasteiger partial charge on any atom is 0.128 e. The van der Waals surface area contributed by atoms with Gasteiger partial charge in [-0.25, -0.2) is 4.39 Å². The zero-order chi connectivity index (χ0) is 11.5. The lowest BCUT2D eigenvalue weighted by Gasteiger charge is -2.16. The zero-order valence-electron chi connectivity index (χ0n) is 9.75. The van der Waals surface area contributed by atoms with Crippen LogP contribution in [0.1, 0.15) is 24.0 Å².